The molecule has 0 bridgehead atoms. The number of rotatable bonds is 7. The molecule has 2 N–H and O–H groups in total. The van der Waals surface area contributed by atoms with Crippen molar-refractivity contribution in [3.8, 4) is 0 Å². The first kappa shape index (κ1) is 12.5. The maximum Gasteiger partial charge on any atom is 0.246 e. The molecule has 4 nitrogen and oxygen atoms in total. The first-order chi connectivity index (χ1) is 7.13. The minimum Gasteiger partial charge on any atom is -0.396 e. The van der Waals surface area contributed by atoms with E-state index < -0.39 is 0 Å². The van der Waals surface area contributed by atoms with Crippen LogP contribution in [0.15, 0.2) is 0 Å². The third-order valence-corrected chi connectivity index (χ3v) is 2.81. The Kier molecular flexibility index (Phi) is 5.05. The maximum absolute atomic E-state index is 11.4. The summed E-state index contributed by atoms with van der Waals surface area (Å²) in [5, 5.41) is 11.7. The van der Waals surface area contributed by atoms with Crippen LogP contribution in [0.4, 0.5) is 0 Å². The molecule has 0 aliphatic heterocycles. The van der Waals surface area contributed by atoms with Crippen molar-refractivity contribution in [1.82, 2.24) is 5.32 Å². The third-order valence-electron chi connectivity index (χ3n) is 2.81. The maximum atomic E-state index is 11.4. The van der Waals surface area contributed by atoms with Crippen LogP contribution in [0.25, 0.3) is 0 Å². The Morgan fingerprint density at radius 3 is 2.73 bits per heavy atom. The third kappa shape index (κ3) is 5.14. The average Bonchev–Trinajstić information content (AvgIpc) is 3.00. The Morgan fingerprint density at radius 1 is 1.53 bits per heavy atom. The Balaban J connectivity index is 2.05. The van der Waals surface area contributed by atoms with Gasteiger partial charge >= 0.3 is 0 Å². The van der Waals surface area contributed by atoms with Gasteiger partial charge in [0.05, 0.1) is 6.61 Å². The minimum atomic E-state index is -0.0940. The predicted octanol–water partition coefficient (Wildman–Crippen LogP) is 0.546. The molecular formula is C11H21NO3. The lowest BCUT2D eigenvalue weighted by atomic mass is 10.1. The molecule has 0 heterocycles. The van der Waals surface area contributed by atoms with Crippen LogP contribution in [-0.4, -0.2) is 36.9 Å². The van der Waals surface area contributed by atoms with E-state index in [9.17, 15) is 4.79 Å². The van der Waals surface area contributed by atoms with Crippen LogP contribution >= 0.6 is 0 Å². The molecule has 2 unspecified atom stereocenters. The molecular weight excluding hydrogens is 194 g/mol. The molecule has 0 radical (unpaired) electrons. The molecule has 1 aliphatic rings. The fourth-order valence-electron chi connectivity index (χ4n) is 1.20. The molecule has 0 aromatic carbocycles. The van der Waals surface area contributed by atoms with Crippen molar-refractivity contribution < 1.29 is 14.6 Å². The summed E-state index contributed by atoms with van der Waals surface area (Å²) in [6, 6.07) is -0.00738. The number of hydrogen-bond acceptors (Lipinski definition) is 3. The number of nitrogens with one attached hydrogen (secondary N) is 1. The lowest BCUT2D eigenvalue weighted by Crippen LogP contribution is -2.40. The van der Waals surface area contributed by atoms with Gasteiger partial charge < -0.3 is 15.2 Å². The zero-order chi connectivity index (χ0) is 11.3. The average molecular weight is 215 g/mol. The number of amides is 1. The van der Waals surface area contributed by atoms with Crippen LogP contribution in [0.3, 0.4) is 0 Å². The summed E-state index contributed by atoms with van der Waals surface area (Å²) >= 11 is 0. The highest BCUT2D eigenvalue weighted by Gasteiger charge is 2.21. The number of ether oxygens (including phenoxy) is 1. The van der Waals surface area contributed by atoms with Crippen molar-refractivity contribution in [2.45, 2.75) is 32.7 Å². The van der Waals surface area contributed by atoms with Gasteiger partial charge in [-0.15, -0.1) is 0 Å². The number of hydrogen-bond donors (Lipinski definition) is 2. The largest absolute Gasteiger partial charge is 0.396 e. The molecule has 0 aromatic rings. The van der Waals surface area contributed by atoms with E-state index in [1.165, 1.54) is 12.8 Å². The molecule has 1 saturated carbocycles. The summed E-state index contributed by atoms with van der Waals surface area (Å²) < 4.78 is 5.26. The van der Waals surface area contributed by atoms with Gasteiger partial charge in [0.1, 0.15) is 6.61 Å². The molecule has 4 heteroatoms. The van der Waals surface area contributed by atoms with Crippen molar-refractivity contribution in [3.05, 3.63) is 0 Å². The van der Waals surface area contributed by atoms with Crippen molar-refractivity contribution >= 4 is 5.91 Å². The molecule has 1 rings (SSSR count). The number of aliphatic hydroxyl groups is 1. The monoisotopic (exact) mass is 215 g/mol. The van der Waals surface area contributed by atoms with Crippen LogP contribution in [0, 0.1) is 11.8 Å². The number of carbonyl (C=O) groups excluding carboxylic acids is 1. The molecule has 0 saturated heterocycles. The Bertz CT molecular complexity index is 204. The highest BCUT2D eigenvalue weighted by molar-refractivity contribution is 5.77. The van der Waals surface area contributed by atoms with Gasteiger partial charge in [-0.05, 0) is 31.6 Å². The van der Waals surface area contributed by atoms with E-state index in [1.54, 1.807) is 0 Å². The molecule has 1 aliphatic carbocycles. The standard InChI is InChI=1S/C11H21NO3/c1-8(5-13)9(2)12-11(14)7-15-6-10-3-4-10/h8-10,13H,3-7H2,1-2H3,(H,12,14). The molecule has 0 aromatic heterocycles. The predicted molar refractivity (Wildman–Crippen MR) is 57.4 cm³/mol. The van der Waals surface area contributed by atoms with Crippen molar-refractivity contribution in [2.75, 3.05) is 19.8 Å². The van der Waals surface area contributed by atoms with Crippen molar-refractivity contribution in [3.63, 3.8) is 0 Å². The lowest BCUT2D eigenvalue weighted by molar-refractivity contribution is -0.126. The van der Waals surface area contributed by atoms with E-state index in [0.29, 0.717) is 12.5 Å². The fraction of sp³-hybridized carbons (Fsp3) is 0.909. The minimum absolute atomic E-state index is 0.00738. The first-order valence-electron chi connectivity index (χ1n) is 5.61. The van der Waals surface area contributed by atoms with Crippen molar-refractivity contribution in [1.29, 1.82) is 0 Å². The van der Waals surface area contributed by atoms with Gasteiger partial charge in [0.15, 0.2) is 0 Å². The smallest absolute Gasteiger partial charge is 0.246 e. The first-order valence-corrected chi connectivity index (χ1v) is 5.61. The van der Waals surface area contributed by atoms with Gasteiger partial charge in [0, 0.05) is 12.6 Å². The van der Waals surface area contributed by atoms with Gasteiger partial charge in [-0.1, -0.05) is 6.92 Å². The van der Waals surface area contributed by atoms with Crippen LogP contribution < -0.4 is 5.32 Å². The number of carbonyl (C=O) groups is 1. The van der Waals surface area contributed by atoms with E-state index in [2.05, 4.69) is 5.32 Å². The summed E-state index contributed by atoms with van der Waals surface area (Å²) in [6.07, 6.45) is 2.47. The fourth-order valence-corrected chi connectivity index (χ4v) is 1.20. The van der Waals surface area contributed by atoms with Gasteiger partial charge in [0.2, 0.25) is 5.91 Å². The summed E-state index contributed by atoms with van der Waals surface area (Å²) in [5.74, 6) is 0.674. The summed E-state index contributed by atoms with van der Waals surface area (Å²) in [6.45, 7) is 4.72. The molecule has 15 heavy (non-hydrogen) atoms. The van der Waals surface area contributed by atoms with Crippen LogP contribution in [0.1, 0.15) is 26.7 Å². The second kappa shape index (κ2) is 6.08. The van der Waals surface area contributed by atoms with E-state index >= 15 is 0 Å². The zero-order valence-corrected chi connectivity index (χ0v) is 9.53. The SMILES string of the molecule is CC(CO)C(C)NC(=O)COCC1CC1. The van der Waals surface area contributed by atoms with Gasteiger partial charge in [-0.25, -0.2) is 0 Å². The van der Waals surface area contributed by atoms with Crippen LogP contribution in [0.5, 0.6) is 0 Å². The molecule has 2 atom stereocenters. The van der Waals surface area contributed by atoms with E-state index in [4.69, 9.17) is 9.84 Å². The van der Waals surface area contributed by atoms with Gasteiger partial charge in [-0.3, -0.25) is 4.79 Å². The van der Waals surface area contributed by atoms with E-state index in [0.717, 1.165) is 0 Å². The quantitative estimate of drug-likeness (QED) is 0.652. The summed E-state index contributed by atoms with van der Waals surface area (Å²) in [4.78, 5) is 11.4. The lowest BCUT2D eigenvalue weighted by Gasteiger charge is -2.19. The highest BCUT2D eigenvalue weighted by atomic mass is 16.5. The normalized spacial score (nSPS) is 19.7. The Labute approximate surface area is 91.0 Å². The van der Waals surface area contributed by atoms with E-state index in [-0.39, 0.29) is 31.1 Å². The Hall–Kier alpha value is -0.610. The Morgan fingerprint density at radius 2 is 2.20 bits per heavy atom. The number of aliphatic hydroxyl groups excluding tert-OH is 1. The molecule has 1 fully saturated rings. The van der Waals surface area contributed by atoms with Gasteiger partial charge in [0.25, 0.3) is 0 Å². The second-order valence-electron chi connectivity index (χ2n) is 4.47. The van der Waals surface area contributed by atoms with Crippen molar-refractivity contribution in [2.24, 2.45) is 11.8 Å². The molecule has 0 spiro atoms. The van der Waals surface area contributed by atoms with Gasteiger partial charge in [-0.2, -0.15) is 0 Å². The van der Waals surface area contributed by atoms with Crippen LogP contribution in [-0.2, 0) is 9.53 Å². The molecule has 88 valence electrons. The molecule has 1 amide bonds. The highest BCUT2D eigenvalue weighted by Crippen LogP contribution is 2.28. The second-order valence-corrected chi connectivity index (χ2v) is 4.47. The topological polar surface area (TPSA) is 58.6 Å². The summed E-state index contributed by atoms with van der Waals surface area (Å²) in [5.41, 5.74) is 0. The van der Waals surface area contributed by atoms with E-state index in [1.807, 2.05) is 13.8 Å². The zero-order valence-electron chi connectivity index (χ0n) is 9.53. The summed E-state index contributed by atoms with van der Waals surface area (Å²) in [7, 11) is 0. The van der Waals surface area contributed by atoms with Crippen LogP contribution in [0.2, 0.25) is 0 Å².